The second-order valence-corrected chi connectivity index (χ2v) is 13.9. The van der Waals surface area contributed by atoms with E-state index in [-0.39, 0.29) is 5.41 Å². The molecule has 3 atom stereocenters. The summed E-state index contributed by atoms with van der Waals surface area (Å²) in [5.41, 5.74) is 9.28. The molecule has 1 aliphatic carbocycles. The van der Waals surface area contributed by atoms with Gasteiger partial charge in [-0.3, -0.25) is 0 Å². The van der Waals surface area contributed by atoms with E-state index in [0.717, 1.165) is 39.7 Å². The minimum absolute atomic E-state index is 0.267. The van der Waals surface area contributed by atoms with Crippen molar-refractivity contribution in [1.29, 1.82) is 5.26 Å². The molecule has 7 rings (SSSR count). The molecular weight excluding hydrogens is 597 g/mol. The van der Waals surface area contributed by atoms with E-state index < -0.39 is 0 Å². The number of aromatic nitrogens is 3. The number of nitrogens with zero attached hydrogens (tertiary/aromatic N) is 4. The minimum atomic E-state index is 0.267. The molecule has 1 fully saturated rings. The van der Waals surface area contributed by atoms with Crippen molar-refractivity contribution in [3.8, 4) is 62.5 Å². The number of nitriles is 1. The Kier molecular flexibility index (Phi) is 9.18. The van der Waals surface area contributed by atoms with Gasteiger partial charge in [0.2, 0.25) is 0 Å². The maximum absolute atomic E-state index is 10.0. The molecule has 1 saturated carbocycles. The molecule has 0 bridgehead atoms. The summed E-state index contributed by atoms with van der Waals surface area (Å²) in [5.74, 6) is 3.25. The van der Waals surface area contributed by atoms with Crippen molar-refractivity contribution in [3.05, 3.63) is 139 Å². The molecule has 6 aromatic rings. The van der Waals surface area contributed by atoms with Crippen LogP contribution >= 0.6 is 0 Å². The Morgan fingerprint density at radius 1 is 0.551 bits per heavy atom. The van der Waals surface area contributed by atoms with Gasteiger partial charge in [-0.25, -0.2) is 15.0 Å². The molecule has 5 aromatic carbocycles. The van der Waals surface area contributed by atoms with Crippen LogP contribution in [-0.4, -0.2) is 15.0 Å². The Morgan fingerprint density at radius 2 is 0.980 bits per heavy atom. The first-order valence-corrected chi connectivity index (χ1v) is 17.6. The first kappa shape index (κ1) is 32.2. The summed E-state index contributed by atoms with van der Waals surface area (Å²) >= 11 is 0. The molecule has 0 spiro atoms. The number of benzene rings is 5. The molecule has 4 nitrogen and oxygen atoms in total. The third-order valence-electron chi connectivity index (χ3n) is 10.4. The van der Waals surface area contributed by atoms with Crippen LogP contribution in [0, 0.1) is 23.2 Å². The van der Waals surface area contributed by atoms with Gasteiger partial charge in [-0.1, -0.05) is 143 Å². The van der Waals surface area contributed by atoms with E-state index in [2.05, 4.69) is 81.4 Å². The minimum Gasteiger partial charge on any atom is -0.208 e. The van der Waals surface area contributed by atoms with Crippen molar-refractivity contribution in [2.24, 2.45) is 11.8 Å². The van der Waals surface area contributed by atoms with Gasteiger partial charge >= 0.3 is 0 Å². The molecule has 0 amide bonds. The van der Waals surface area contributed by atoms with Gasteiger partial charge in [0, 0.05) is 16.7 Å². The van der Waals surface area contributed by atoms with E-state index in [4.69, 9.17) is 15.0 Å². The molecular formula is C45H42N4. The molecule has 1 aromatic heterocycles. The highest BCUT2D eigenvalue weighted by Gasteiger charge is 2.36. The molecule has 49 heavy (non-hydrogen) atoms. The van der Waals surface area contributed by atoms with Crippen molar-refractivity contribution in [1.82, 2.24) is 15.0 Å². The molecule has 4 heteroatoms. The van der Waals surface area contributed by atoms with Crippen LogP contribution in [0.4, 0.5) is 0 Å². The largest absolute Gasteiger partial charge is 0.208 e. The zero-order chi connectivity index (χ0) is 33.8. The summed E-state index contributed by atoms with van der Waals surface area (Å²) in [6.07, 6.45) is 6.41. The topological polar surface area (TPSA) is 62.5 Å². The van der Waals surface area contributed by atoms with E-state index in [0.29, 0.717) is 23.0 Å². The first-order valence-electron chi connectivity index (χ1n) is 17.6. The zero-order valence-electron chi connectivity index (χ0n) is 28.6. The predicted octanol–water partition coefficient (Wildman–Crippen LogP) is 11.6. The Bertz CT molecular complexity index is 2010. The van der Waals surface area contributed by atoms with Gasteiger partial charge in [0.1, 0.15) is 0 Å². The lowest BCUT2D eigenvalue weighted by molar-refractivity contribution is 0.295. The van der Waals surface area contributed by atoms with E-state index in [1.807, 2.05) is 72.8 Å². The van der Waals surface area contributed by atoms with Crippen molar-refractivity contribution in [3.63, 3.8) is 0 Å². The van der Waals surface area contributed by atoms with E-state index in [9.17, 15) is 5.26 Å². The van der Waals surface area contributed by atoms with E-state index in [1.165, 1.54) is 48.8 Å². The van der Waals surface area contributed by atoms with Gasteiger partial charge in [-0.05, 0) is 82.5 Å². The first-order chi connectivity index (χ1) is 23.9. The SMILES string of the molecule is CCC1(c2ccc(-c3ccc(-c4cc(C#N)cc(-c5nc(-c6ccccc6)nc(-c6ccccc6)n5)c4)cc3)cc2)C[C@H](C)CC[C@H](C)C1. The standard InChI is InChI=1S/C45H42N4/c1-4-45(28-31(2)15-16-32(3)29-45)41-23-21-35(22-24-41)34-17-19-36(20-18-34)39-25-33(30-46)26-40(27-39)44-48-42(37-11-7-5-8-12-37)47-43(49-44)38-13-9-6-10-14-38/h5-14,17-27,31-32H,4,15-16,28-29H2,1-3H3/t31-,32+,45?. The monoisotopic (exact) mass is 638 g/mol. The van der Waals surface area contributed by atoms with Gasteiger partial charge in [0.25, 0.3) is 0 Å². The third-order valence-corrected chi connectivity index (χ3v) is 10.4. The van der Waals surface area contributed by atoms with Crippen LogP contribution in [0.15, 0.2) is 127 Å². The van der Waals surface area contributed by atoms with Crippen LogP contribution in [0.1, 0.15) is 64.0 Å². The van der Waals surface area contributed by atoms with Crippen molar-refractivity contribution < 1.29 is 0 Å². The van der Waals surface area contributed by atoms with E-state index in [1.54, 1.807) is 0 Å². The Labute approximate surface area is 290 Å². The van der Waals surface area contributed by atoms with Crippen LogP contribution in [-0.2, 0) is 5.41 Å². The summed E-state index contributed by atoms with van der Waals surface area (Å²) in [7, 11) is 0. The quantitative estimate of drug-likeness (QED) is 0.163. The van der Waals surface area contributed by atoms with Crippen LogP contribution in [0.5, 0.6) is 0 Å². The summed E-state index contributed by atoms with van der Waals surface area (Å²) in [6, 6.07) is 46.1. The number of hydrogen-bond acceptors (Lipinski definition) is 4. The van der Waals surface area contributed by atoms with Crippen LogP contribution in [0.3, 0.4) is 0 Å². The lowest BCUT2D eigenvalue weighted by Crippen LogP contribution is -2.28. The Hall–Kier alpha value is -5.40. The summed E-state index contributed by atoms with van der Waals surface area (Å²) in [4.78, 5) is 14.6. The van der Waals surface area contributed by atoms with Crippen LogP contribution in [0.2, 0.25) is 0 Å². The lowest BCUT2D eigenvalue weighted by Gasteiger charge is -2.35. The highest BCUT2D eigenvalue weighted by Crippen LogP contribution is 2.45. The van der Waals surface area contributed by atoms with Gasteiger partial charge in [0.15, 0.2) is 17.5 Å². The normalized spacial score (nSPS) is 19.1. The fraction of sp³-hybridized carbons (Fsp3) is 0.244. The Balaban J connectivity index is 1.21. The molecule has 242 valence electrons. The number of hydrogen-bond donors (Lipinski definition) is 0. The smallest absolute Gasteiger partial charge is 0.164 e. The lowest BCUT2D eigenvalue weighted by atomic mass is 9.69. The van der Waals surface area contributed by atoms with Crippen molar-refractivity contribution in [2.75, 3.05) is 0 Å². The van der Waals surface area contributed by atoms with Gasteiger partial charge in [0.05, 0.1) is 11.6 Å². The predicted molar refractivity (Wildman–Crippen MR) is 200 cm³/mol. The summed E-state index contributed by atoms with van der Waals surface area (Å²) < 4.78 is 0. The molecule has 0 radical (unpaired) electrons. The zero-order valence-corrected chi connectivity index (χ0v) is 28.6. The highest BCUT2D eigenvalue weighted by molar-refractivity contribution is 5.76. The van der Waals surface area contributed by atoms with Crippen LogP contribution in [0.25, 0.3) is 56.4 Å². The van der Waals surface area contributed by atoms with Gasteiger partial charge < -0.3 is 0 Å². The Morgan fingerprint density at radius 3 is 1.45 bits per heavy atom. The maximum Gasteiger partial charge on any atom is 0.164 e. The molecule has 0 N–H and O–H groups in total. The van der Waals surface area contributed by atoms with Gasteiger partial charge in [-0.15, -0.1) is 0 Å². The van der Waals surface area contributed by atoms with Crippen molar-refractivity contribution in [2.45, 2.75) is 58.3 Å². The second-order valence-electron chi connectivity index (χ2n) is 13.9. The summed E-state index contributed by atoms with van der Waals surface area (Å²) in [5, 5.41) is 10.0. The van der Waals surface area contributed by atoms with E-state index >= 15 is 0 Å². The molecule has 1 unspecified atom stereocenters. The average Bonchev–Trinajstić information content (AvgIpc) is 3.32. The number of rotatable bonds is 7. The third kappa shape index (κ3) is 6.94. The molecule has 1 aliphatic rings. The van der Waals surface area contributed by atoms with Gasteiger partial charge in [-0.2, -0.15) is 5.26 Å². The fourth-order valence-electron chi connectivity index (χ4n) is 7.72. The van der Waals surface area contributed by atoms with Crippen LogP contribution < -0.4 is 0 Å². The highest BCUT2D eigenvalue weighted by atomic mass is 15.0. The van der Waals surface area contributed by atoms with Crippen molar-refractivity contribution >= 4 is 0 Å². The molecule has 0 aliphatic heterocycles. The summed E-state index contributed by atoms with van der Waals surface area (Å²) in [6.45, 7) is 7.23. The molecule has 1 heterocycles. The molecule has 0 saturated heterocycles. The maximum atomic E-state index is 10.0. The average molecular weight is 639 g/mol. The fourth-order valence-corrected chi connectivity index (χ4v) is 7.72. The second kappa shape index (κ2) is 14.0.